The van der Waals surface area contributed by atoms with Gasteiger partial charge in [0.15, 0.2) is 0 Å². The van der Waals surface area contributed by atoms with Gasteiger partial charge in [0.25, 0.3) is 0 Å². The SMILES string of the molecule is c1ccc2c(c1)C[C@@H](CNC1CSCCSC1)CO2. The summed E-state index contributed by atoms with van der Waals surface area (Å²) in [5.41, 5.74) is 1.37. The Morgan fingerprint density at radius 1 is 1.16 bits per heavy atom. The van der Waals surface area contributed by atoms with Gasteiger partial charge in [0.2, 0.25) is 0 Å². The highest BCUT2D eigenvalue weighted by atomic mass is 32.2. The van der Waals surface area contributed by atoms with Gasteiger partial charge in [-0.1, -0.05) is 18.2 Å². The molecule has 1 atom stereocenters. The molecular weight excluding hydrogens is 274 g/mol. The van der Waals surface area contributed by atoms with Crippen molar-refractivity contribution < 1.29 is 4.74 Å². The van der Waals surface area contributed by atoms with Gasteiger partial charge in [0, 0.05) is 41.5 Å². The molecule has 0 amide bonds. The number of thioether (sulfide) groups is 2. The van der Waals surface area contributed by atoms with Crippen LogP contribution in [0.2, 0.25) is 0 Å². The van der Waals surface area contributed by atoms with Gasteiger partial charge in [-0.2, -0.15) is 23.5 Å². The molecule has 2 aliphatic heterocycles. The Labute approximate surface area is 124 Å². The van der Waals surface area contributed by atoms with Crippen molar-refractivity contribution in [2.75, 3.05) is 36.2 Å². The molecule has 4 heteroatoms. The average Bonchev–Trinajstić information content (AvgIpc) is 2.73. The van der Waals surface area contributed by atoms with Gasteiger partial charge in [-0.05, 0) is 18.1 Å². The molecule has 2 nitrogen and oxygen atoms in total. The van der Waals surface area contributed by atoms with Crippen LogP contribution in [0.4, 0.5) is 0 Å². The van der Waals surface area contributed by atoms with Crippen molar-refractivity contribution in [3.63, 3.8) is 0 Å². The molecule has 0 bridgehead atoms. The molecule has 2 aliphatic rings. The maximum Gasteiger partial charge on any atom is 0.122 e. The van der Waals surface area contributed by atoms with E-state index in [9.17, 15) is 0 Å². The summed E-state index contributed by atoms with van der Waals surface area (Å²) in [6.45, 7) is 1.94. The second-order valence-electron chi connectivity index (χ2n) is 5.24. The lowest BCUT2D eigenvalue weighted by atomic mass is 9.96. The standard InChI is InChI=1S/C15H21NOS2/c1-2-4-15-13(3-1)7-12(9-17-15)8-16-14-10-18-5-6-19-11-14/h1-4,12,14,16H,5-11H2/t12-/m0/s1. The first-order chi connectivity index (χ1) is 9.42. The fourth-order valence-corrected chi connectivity index (χ4v) is 5.06. The van der Waals surface area contributed by atoms with Gasteiger partial charge in [-0.25, -0.2) is 0 Å². The summed E-state index contributed by atoms with van der Waals surface area (Å²) in [5, 5.41) is 3.74. The van der Waals surface area contributed by atoms with Gasteiger partial charge < -0.3 is 10.1 Å². The quantitative estimate of drug-likeness (QED) is 0.925. The molecule has 0 spiro atoms. The molecule has 0 aromatic heterocycles. The maximum absolute atomic E-state index is 5.85. The highest BCUT2D eigenvalue weighted by Crippen LogP contribution is 2.26. The Hall–Kier alpha value is -0.320. The summed E-state index contributed by atoms with van der Waals surface area (Å²) < 4.78 is 5.85. The minimum Gasteiger partial charge on any atom is -0.493 e. The van der Waals surface area contributed by atoms with Gasteiger partial charge in [0.1, 0.15) is 5.75 Å². The van der Waals surface area contributed by atoms with E-state index >= 15 is 0 Å². The molecular formula is C15H21NOS2. The first-order valence-corrected chi connectivity index (χ1v) is 9.32. The molecule has 0 saturated carbocycles. The lowest BCUT2D eigenvalue weighted by Crippen LogP contribution is -2.39. The van der Waals surface area contributed by atoms with E-state index in [0.29, 0.717) is 12.0 Å². The van der Waals surface area contributed by atoms with Crippen LogP contribution in [0.3, 0.4) is 0 Å². The third-order valence-electron chi connectivity index (χ3n) is 3.66. The van der Waals surface area contributed by atoms with Crippen molar-refractivity contribution in [3.05, 3.63) is 29.8 Å². The molecule has 2 heterocycles. The Balaban J connectivity index is 1.49. The maximum atomic E-state index is 5.85. The second-order valence-corrected chi connectivity index (χ2v) is 7.54. The van der Waals surface area contributed by atoms with Crippen LogP contribution < -0.4 is 10.1 Å². The monoisotopic (exact) mass is 295 g/mol. The van der Waals surface area contributed by atoms with E-state index in [1.54, 1.807) is 0 Å². The van der Waals surface area contributed by atoms with E-state index in [-0.39, 0.29) is 0 Å². The largest absolute Gasteiger partial charge is 0.493 e. The normalized spacial score (nSPS) is 24.3. The molecule has 0 radical (unpaired) electrons. The number of rotatable bonds is 3. The third-order valence-corrected chi connectivity index (χ3v) is 6.18. The summed E-state index contributed by atoms with van der Waals surface area (Å²) >= 11 is 4.17. The molecule has 1 fully saturated rings. The molecule has 1 N–H and O–H groups in total. The predicted octanol–water partition coefficient (Wildman–Crippen LogP) is 2.68. The first-order valence-electron chi connectivity index (χ1n) is 7.01. The van der Waals surface area contributed by atoms with Crippen molar-refractivity contribution in [1.82, 2.24) is 5.32 Å². The molecule has 1 aromatic rings. The number of hydrogen-bond acceptors (Lipinski definition) is 4. The van der Waals surface area contributed by atoms with E-state index in [0.717, 1.165) is 25.3 Å². The number of fused-ring (bicyclic) bond motifs is 1. The van der Waals surface area contributed by atoms with E-state index in [2.05, 4.69) is 53.1 Å². The number of hydrogen-bond donors (Lipinski definition) is 1. The lowest BCUT2D eigenvalue weighted by Gasteiger charge is -2.27. The zero-order chi connectivity index (χ0) is 12.9. The number of nitrogens with one attached hydrogen (secondary N) is 1. The lowest BCUT2D eigenvalue weighted by molar-refractivity contribution is 0.216. The van der Waals surface area contributed by atoms with Crippen LogP contribution in [-0.2, 0) is 6.42 Å². The van der Waals surface area contributed by atoms with Crippen molar-refractivity contribution >= 4 is 23.5 Å². The van der Waals surface area contributed by atoms with Crippen LogP contribution in [0.25, 0.3) is 0 Å². The fraction of sp³-hybridized carbons (Fsp3) is 0.600. The van der Waals surface area contributed by atoms with Gasteiger partial charge in [-0.15, -0.1) is 0 Å². The smallest absolute Gasteiger partial charge is 0.122 e. The zero-order valence-corrected chi connectivity index (χ0v) is 12.8. The average molecular weight is 295 g/mol. The van der Waals surface area contributed by atoms with E-state index in [1.807, 2.05) is 0 Å². The summed E-state index contributed by atoms with van der Waals surface area (Å²) in [6, 6.07) is 9.11. The van der Waals surface area contributed by atoms with Crippen LogP contribution in [0.1, 0.15) is 5.56 Å². The van der Waals surface area contributed by atoms with Crippen LogP contribution in [0.5, 0.6) is 5.75 Å². The summed E-state index contributed by atoms with van der Waals surface area (Å²) in [5.74, 6) is 6.84. The van der Waals surface area contributed by atoms with E-state index in [4.69, 9.17) is 4.74 Å². The molecule has 0 aliphatic carbocycles. The number of para-hydroxylation sites is 1. The predicted molar refractivity (Wildman–Crippen MR) is 85.6 cm³/mol. The Bertz CT molecular complexity index is 405. The van der Waals surface area contributed by atoms with E-state index < -0.39 is 0 Å². The van der Waals surface area contributed by atoms with Crippen molar-refractivity contribution in [2.45, 2.75) is 12.5 Å². The molecule has 3 rings (SSSR count). The summed E-state index contributed by atoms with van der Waals surface area (Å²) in [4.78, 5) is 0. The molecule has 1 aromatic carbocycles. The Morgan fingerprint density at radius 2 is 1.95 bits per heavy atom. The zero-order valence-electron chi connectivity index (χ0n) is 11.1. The number of benzene rings is 1. The van der Waals surface area contributed by atoms with Crippen LogP contribution in [0.15, 0.2) is 24.3 Å². The minimum atomic E-state index is 0.619. The molecule has 104 valence electrons. The van der Waals surface area contributed by atoms with E-state index in [1.165, 1.54) is 28.6 Å². The Kier molecular flexibility index (Phi) is 4.97. The van der Waals surface area contributed by atoms with Crippen LogP contribution in [-0.4, -0.2) is 42.2 Å². The van der Waals surface area contributed by atoms with Gasteiger partial charge in [-0.3, -0.25) is 0 Å². The number of ether oxygens (including phenoxy) is 1. The minimum absolute atomic E-state index is 0.619. The van der Waals surface area contributed by atoms with Crippen molar-refractivity contribution in [2.24, 2.45) is 5.92 Å². The topological polar surface area (TPSA) is 21.3 Å². The summed E-state index contributed by atoms with van der Waals surface area (Å²) in [6.07, 6.45) is 1.15. The molecule has 0 unspecified atom stereocenters. The van der Waals surface area contributed by atoms with Gasteiger partial charge >= 0.3 is 0 Å². The fourth-order valence-electron chi connectivity index (χ4n) is 2.59. The second kappa shape index (κ2) is 6.91. The highest BCUT2D eigenvalue weighted by Gasteiger charge is 2.21. The third kappa shape index (κ3) is 3.83. The van der Waals surface area contributed by atoms with Crippen LogP contribution >= 0.6 is 23.5 Å². The highest BCUT2D eigenvalue weighted by molar-refractivity contribution is 8.03. The summed E-state index contributed by atoms with van der Waals surface area (Å²) in [7, 11) is 0. The Morgan fingerprint density at radius 3 is 2.79 bits per heavy atom. The van der Waals surface area contributed by atoms with Gasteiger partial charge in [0.05, 0.1) is 6.61 Å². The van der Waals surface area contributed by atoms with Crippen molar-refractivity contribution in [1.29, 1.82) is 0 Å². The molecule has 19 heavy (non-hydrogen) atoms. The first kappa shape index (κ1) is 13.7. The van der Waals surface area contributed by atoms with Crippen molar-refractivity contribution in [3.8, 4) is 5.75 Å². The molecule has 1 saturated heterocycles. The van der Waals surface area contributed by atoms with Crippen LogP contribution in [0, 0.1) is 5.92 Å².